The summed E-state index contributed by atoms with van der Waals surface area (Å²) in [7, 11) is 0. The number of anilines is 2. The molecule has 150 valence electrons. The standard InChI is InChI=1S/C20H20N4O2S3/c1-2-27-20-23-19(29-24-20)22-18(26)13-28-16-10-8-15(9-11-16)21-17(25)12-14-6-4-3-5-7-14/h3-11H,2,12-13H2,1H3,(H,21,25)(H,22,23,24,26). The number of hydrogen-bond acceptors (Lipinski definition) is 7. The third-order valence-electron chi connectivity index (χ3n) is 3.64. The molecule has 0 radical (unpaired) electrons. The third-order valence-corrected chi connectivity index (χ3v) is 6.13. The van der Waals surface area contributed by atoms with Crippen molar-refractivity contribution in [2.75, 3.05) is 22.1 Å². The largest absolute Gasteiger partial charge is 0.326 e. The van der Waals surface area contributed by atoms with E-state index in [0.29, 0.717) is 16.7 Å². The summed E-state index contributed by atoms with van der Waals surface area (Å²) in [5, 5.41) is 6.85. The van der Waals surface area contributed by atoms with E-state index in [-0.39, 0.29) is 17.6 Å². The van der Waals surface area contributed by atoms with Gasteiger partial charge < -0.3 is 5.32 Å². The van der Waals surface area contributed by atoms with Crippen LogP contribution in [0.5, 0.6) is 0 Å². The molecule has 1 aromatic heterocycles. The second-order valence-corrected chi connectivity index (χ2v) is 8.92. The van der Waals surface area contributed by atoms with Crippen LogP contribution in [-0.4, -0.2) is 32.7 Å². The molecule has 6 nitrogen and oxygen atoms in total. The smallest absolute Gasteiger partial charge is 0.236 e. The Labute approximate surface area is 182 Å². The number of benzene rings is 2. The molecule has 9 heteroatoms. The molecule has 0 aliphatic rings. The van der Waals surface area contributed by atoms with Crippen LogP contribution in [0, 0.1) is 0 Å². The highest BCUT2D eigenvalue weighted by Crippen LogP contribution is 2.22. The van der Waals surface area contributed by atoms with Gasteiger partial charge >= 0.3 is 0 Å². The molecule has 2 amide bonds. The maximum atomic E-state index is 12.1. The molecule has 0 aliphatic carbocycles. The third kappa shape index (κ3) is 7.19. The average Bonchev–Trinajstić information content (AvgIpc) is 3.15. The van der Waals surface area contributed by atoms with Crippen LogP contribution < -0.4 is 10.6 Å². The zero-order valence-electron chi connectivity index (χ0n) is 15.8. The van der Waals surface area contributed by atoms with Gasteiger partial charge in [0, 0.05) is 22.1 Å². The van der Waals surface area contributed by atoms with E-state index in [1.54, 1.807) is 11.8 Å². The van der Waals surface area contributed by atoms with Crippen LogP contribution in [0.2, 0.25) is 0 Å². The summed E-state index contributed by atoms with van der Waals surface area (Å²) >= 11 is 4.15. The maximum absolute atomic E-state index is 12.1. The van der Waals surface area contributed by atoms with Crippen molar-refractivity contribution in [2.45, 2.75) is 23.4 Å². The summed E-state index contributed by atoms with van der Waals surface area (Å²) in [5.41, 5.74) is 1.70. The predicted octanol–water partition coefficient (Wildman–Crippen LogP) is 4.56. The second-order valence-electron chi connectivity index (χ2n) is 5.89. The van der Waals surface area contributed by atoms with E-state index < -0.39 is 0 Å². The van der Waals surface area contributed by atoms with Gasteiger partial charge in [0.05, 0.1) is 12.2 Å². The lowest BCUT2D eigenvalue weighted by Crippen LogP contribution is -2.14. The van der Waals surface area contributed by atoms with Crippen molar-refractivity contribution in [3.63, 3.8) is 0 Å². The van der Waals surface area contributed by atoms with Crippen LogP contribution in [0.25, 0.3) is 0 Å². The molecule has 2 aromatic carbocycles. The molecule has 0 saturated heterocycles. The van der Waals surface area contributed by atoms with Gasteiger partial charge in [-0.05, 0) is 35.6 Å². The van der Waals surface area contributed by atoms with Crippen molar-refractivity contribution in [3.05, 3.63) is 60.2 Å². The summed E-state index contributed by atoms with van der Waals surface area (Å²) in [6.45, 7) is 2.03. The maximum Gasteiger partial charge on any atom is 0.236 e. The first-order valence-corrected chi connectivity index (χ1v) is 11.7. The minimum atomic E-state index is -0.126. The van der Waals surface area contributed by atoms with Crippen molar-refractivity contribution in [1.29, 1.82) is 0 Å². The number of rotatable bonds is 9. The van der Waals surface area contributed by atoms with E-state index in [1.807, 2.05) is 61.5 Å². The molecular weight excluding hydrogens is 424 g/mol. The second kappa shape index (κ2) is 11.0. The number of thioether (sulfide) groups is 2. The van der Waals surface area contributed by atoms with E-state index in [9.17, 15) is 9.59 Å². The first-order chi connectivity index (χ1) is 14.1. The Morgan fingerprint density at radius 1 is 0.966 bits per heavy atom. The topological polar surface area (TPSA) is 84.0 Å². The highest BCUT2D eigenvalue weighted by Gasteiger charge is 2.09. The number of aromatic nitrogens is 2. The highest BCUT2D eigenvalue weighted by molar-refractivity contribution is 8.00. The summed E-state index contributed by atoms with van der Waals surface area (Å²) in [6.07, 6.45) is 0.335. The van der Waals surface area contributed by atoms with E-state index in [0.717, 1.165) is 21.9 Å². The normalized spacial score (nSPS) is 10.5. The van der Waals surface area contributed by atoms with Crippen molar-refractivity contribution in [3.8, 4) is 0 Å². The van der Waals surface area contributed by atoms with Crippen molar-refractivity contribution in [2.24, 2.45) is 0 Å². The molecule has 3 rings (SSSR count). The van der Waals surface area contributed by atoms with Crippen LogP contribution in [-0.2, 0) is 16.0 Å². The molecule has 0 saturated carbocycles. The van der Waals surface area contributed by atoms with Crippen LogP contribution in [0.4, 0.5) is 10.8 Å². The van der Waals surface area contributed by atoms with Gasteiger partial charge in [0.2, 0.25) is 22.1 Å². The van der Waals surface area contributed by atoms with E-state index in [4.69, 9.17) is 0 Å². The zero-order chi connectivity index (χ0) is 20.5. The predicted molar refractivity (Wildman–Crippen MR) is 121 cm³/mol. The quantitative estimate of drug-likeness (QED) is 0.471. The lowest BCUT2D eigenvalue weighted by atomic mass is 10.1. The van der Waals surface area contributed by atoms with Gasteiger partial charge in [-0.3, -0.25) is 14.9 Å². The molecule has 0 aliphatic heterocycles. The Balaban J connectivity index is 1.43. The molecule has 29 heavy (non-hydrogen) atoms. The number of hydrogen-bond donors (Lipinski definition) is 2. The molecule has 0 spiro atoms. The van der Waals surface area contributed by atoms with Crippen LogP contribution in [0.15, 0.2) is 64.6 Å². The van der Waals surface area contributed by atoms with Gasteiger partial charge in [-0.1, -0.05) is 49.0 Å². The number of carbonyl (C=O) groups excluding carboxylic acids is 2. The minimum absolute atomic E-state index is 0.0614. The van der Waals surface area contributed by atoms with Gasteiger partial charge in [0.15, 0.2) is 0 Å². The highest BCUT2D eigenvalue weighted by atomic mass is 32.2. The van der Waals surface area contributed by atoms with Crippen LogP contribution in [0.1, 0.15) is 12.5 Å². The Morgan fingerprint density at radius 2 is 1.72 bits per heavy atom. The molecule has 2 N–H and O–H groups in total. The fourth-order valence-electron chi connectivity index (χ4n) is 2.37. The van der Waals surface area contributed by atoms with Crippen molar-refractivity contribution in [1.82, 2.24) is 9.36 Å². The van der Waals surface area contributed by atoms with Crippen molar-refractivity contribution >= 4 is 57.7 Å². The average molecular weight is 445 g/mol. The molecule has 1 heterocycles. The zero-order valence-corrected chi connectivity index (χ0v) is 18.2. The molecule has 3 aromatic rings. The fraction of sp³-hybridized carbons (Fsp3) is 0.200. The molecular formula is C20H20N4O2S3. The van der Waals surface area contributed by atoms with Gasteiger partial charge in [-0.15, -0.1) is 11.8 Å². The van der Waals surface area contributed by atoms with Crippen LogP contribution in [0.3, 0.4) is 0 Å². The Bertz CT molecular complexity index is 946. The van der Waals surface area contributed by atoms with Gasteiger partial charge in [0.1, 0.15) is 0 Å². The summed E-state index contributed by atoms with van der Waals surface area (Å²) in [4.78, 5) is 29.4. The summed E-state index contributed by atoms with van der Waals surface area (Å²) < 4.78 is 4.17. The molecule has 0 fully saturated rings. The van der Waals surface area contributed by atoms with Gasteiger partial charge in [0.25, 0.3) is 0 Å². The lowest BCUT2D eigenvalue weighted by molar-refractivity contribution is -0.115. The van der Waals surface area contributed by atoms with E-state index >= 15 is 0 Å². The first-order valence-electron chi connectivity index (χ1n) is 8.95. The summed E-state index contributed by atoms with van der Waals surface area (Å²) in [5.74, 6) is 0.978. The first kappa shape index (κ1) is 21.4. The lowest BCUT2D eigenvalue weighted by Gasteiger charge is -2.07. The SMILES string of the molecule is CCSc1nsc(NC(=O)CSc2ccc(NC(=O)Cc3ccccc3)cc2)n1. The van der Waals surface area contributed by atoms with Crippen molar-refractivity contribution < 1.29 is 9.59 Å². The van der Waals surface area contributed by atoms with Gasteiger partial charge in [-0.2, -0.15) is 9.36 Å². The number of nitrogens with zero attached hydrogens (tertiary/aromatic N) is 2. The molecule has 0 unspecified atom stereocenters. The van der Waals surface area contributed by atoms with Gasteiger partial charge in [-0.25, -0.2) is 0 Å². The monoisotopic (exact) mass is 444 g/mol. The summed E-state index contributed by atoms with van der Waals surface area (Å²) in [6, 6.07) is 17.1. The van der Waals surface area contributed by atoms with E-state index in [1.165, 1.54) is 23.3 Å². The fourth-order valence-corrected chi connectivity index (χ4v) is 4.36. The minimum Gasteiger partial charge on any atom is -0.326 e. The Hall–Kier alpha value is -2.36. The molecule has 0 bridgehead atoms. The number of carbonyl (C=O) groups is 2. The number of amides is 2. The Morgan fingerprint density at radius 3 is 2.45 bits per heavy atom. The van der Waals surface area contributed by atoms with Crippen LogP contribution >= 0.6 is 35.1 Å². The number of nitrogens with one attached hydrogen (secondary N) is 2. The van der Waals surface area contributed by atoms with E-state index in [2.05, 4.69) is 20.0 Å². The Kier molecular flexibility index (Phi) is 8.09. The molecule has 0 atom stereocenters.